The van der Waals surface area contributed by atoms with Crippen LogP contribution in [-0.4, -0.2) is 63.1 Å². The molecule has 0 atom stereocenters. The smallest absolute Gasteiger partial charge is 0.369 e. The minimum absolute atomic E-state index is 0.104. The van der Waals surface area contributed by atoms with Crippen LogP contribution in [-0.2, 0) is 17.4 Å². The summed E-state index contributed by atoms with van der Waals surface area (Å²) in [5.74, 6) is -1.51. The zero-order chi connectivity index (χ0) is 25.3. The number of alkyl halides is 3. The second-order valence-corrected chi connectivity index (χ2v) is 8.88. The Labute approximate surface area is 202 Å². The van der Waals surface area contributed by atoms with E-state index in [4.69, 9.17) is 0 Å². The molecule has 1 saturated heterocycles. The first-order valence-electron chi connectivity index (χ1n) is 11.7. The SMILES string of the molecule is CCN1CCN(c2ccc(NC(=O)CCc3c(C)nc4nc(C(F)(F)F)nn4c3C)cc2C)CC1. The molecular weight excluding hydrogens is 459 g/mol. The van der Waals surface area contributed by atoms with Crippen molar-refractivity contribution < 1.29 is 18.0 Å². The van der Waals surface area contributed by atoms with E-state index in [2.05, 4.69) is 37.1 Å². The number of halogens is 3. The van der Waals surface area contributed by atoms with Crippen molar-refractivity contribution >= 4 is 23.1 Å². The number of fused-ring (bicyclic) bond motifs is 1. The van der Waals surface area contributed by atoms with Crippen LogP contribution in [0.3, 0.4) is 0 Å². The summed E-state index contributed by atoms with van der Waals surface area (Å²) in [5, 5.41) is 6.49. The highest BCUT2D eigenvalue weighted by atomic mass is 19.4. The van der Waals surface area contributed by atoms with Gasteiger partial charge < -0.3 is 15.1 Å². The summed E-state index contributed by atoms with van der Waals surface area (Å²) in [4.78, 5) is 25.1. The number of carbonyl (C=O) groups excluding carboxylic acids is 1. The molecule has 0 aliphatic carbocycles. The average Bonchev–Trinajstić information content (AvgIpc) is 3.24. The van der Waals surface area contributed by atoms with E-state index in [1.165, 1.54) is 5.69 Å². The van der Waals surface area contributed by atoms with E-state index >= 15 is 0 Å². The third-order valence-corrected chi connectivity index (χ3v) is 6.55. The molecule has 3 heterocycles. The monoisotopic (exact) mass is 489 g/mol. The van der Waals surface area contributed by atoms with Crippen molar-refractivity contribution in [2.45, 2.75) is 46.7 Å². The maximum atomic E-state index is 13.0. The highest BCUT2D eigenvalue weighted by Crippen LogP contribution is 2.28. The number of amides is 1. The minimum Gasteiger partial charge on any atom is -0.369 e. The van der Waals surface area contributed by atoms with Crippen molar-refractivity contribution in [3.8, 4) is 0 Å². The summed E-state index contributed by atoms with van der Waals surface area (Å²) in [6.07, 6.45) is -4.16. The van der Waals surface area contributed by atoms with Gasteiger partial charge in [-0.05, 0) is 63.1 Å². The van der Waals surface area contributed by atoms with Gasteiger partial charge >= 0.3 is 6.18 Å². The van der Waals surface area contributed by atoms with Crippen molar-refractivity contribution in [1.29, 1.82) is 0 Å². The summed E-state index contributed by atoms with van der Waals surface area (Å²) in [6.45, 7) is 12.7. The van der Waals surface area contributed by atoms with E-state index in [1.54, 1.807) is 13.8 Å². The van der Waals surface area contributed by atoms with Gasteiger partial charge in [-0.1, -0.05) is 6.92 Å². The lowest BCUT2D eigenvalue weighted by molar-refractivity contribution is -0.144. The summed E-state index contributed by atoms with van der Waals surface area (Å²) < 4.78 is 40.0. The predicted octanol–water partition coefficient (Wildman–Crippen LogP) is 3.78. The first kappa shape index (κ1) is 24.9. The Hall–Kier alpha value is -3.21. The van der Waals surface area contributed by atoms with E-state index in [1.807, 2.05) is 25.1 Å². The topological polar surface area (TPSA) is 78.7 Å². The molecule has 11 heteroatoms. The number of aryl methyl sites for hydroxylation is 3. The molecule has 0 saturated carbocycles. The van der Waals surface area contributed by atoms with Crippen LogP contribution in [0, 0.1) is 20.8 Å². The van der Waals surface area contributed by atoms with Crippen molar-refractivity contribution in [3.63, 3.8) is 0 Å². The number of carbonyl (C=O) groups is 1. The lowest BCUT2D eigenvalue weighted by atomic mass is 10.1. The van der Waals surface area contributed by atoms with Gasteiger partial charge in [0.2, 0.25) is 5.91 Å². The van der Waals surface area contributed by atoms with Crippen molar-refractivity contribution in [3.05, 3.63) is 46.5 Å². The fraction of sp³-hybridized carbons (Fsp3) is 0.500. The number of rotatable bonds is 6. The van der Waals surface area contributed by atoms with E-state index in [0.717, 1.165) is 48.5 Å². The van der Waals surface area contributed by atoms with Crippen LogP contribution in [0.4, 0.5) is 24.5 Å². The van der Waals surface area contributed by atoms with Gasteiger partial charge in [-0.3, -0.25) is 4.79 Å². The standard InChI is InChI=1S/C24H30F3N7O/c1-5-32-10-12-33(13-11-32)20-8-6-18(14-15(20)2)29-21(35)9-7-19-16(3)28-23-30-22(24(25,26)27)31-34(23)17(19)4/h6,8,14H,5,7,9-13H2,1-4H3,(H,29,35). The second-order valence-electron chi connectivity index (χ2n) is 8.88. The Morgan fingerprint density at radius 1 is 1.09 bits per heavy atom. The molecule has 8 nitrogen and oxygen atoms in total. The lowest BCUT2D eigenvalue weighted by Gasteiger charge is -2.36. The minimum atomic E-state index is -4.65. The molecule has 0 bridgehead atoms. The highest BCUT2D eigenvalue weighted by Gasteiger charge is 2.37. The molecule has 35 heavy (non-hydrogen) atoms. The number of likely N-dealkylation sites (N-methyl/N-ethyl adjacent to an activating group) is 1. The van der Waals surface area contributed by atoms with Crippen LogP contribution >= 0.6 is 0 Å². The number of anilines is 2. The molecule has 0 unspecified atom stereocenters. The number of piperazine rings is 1. The number of hydrogen-bond acceptors (Lipinski definition) is 6. The molecule has 0 radical (unpaired) electrons. The van der Waals surface area contributed by atoms with E-state index in [9.17, 15) is 18.0 Å². The van der Waals surface area contributed by atoms with Gasteiger partial charge in [0.25, 0.3) is 11.6 Å². The predicted molar refractivity (Wildman–Crippen MR) is 128 cm³/mol. The highest BCUT2D eigenvalue weighted by molar-refractivity contribution is 5.91. The zero-order valence-electron chi connectivity index (χ0n) is 20.4. The molecule has 2 aromatic heterocycles. The normalized spacial score (nSPS) is 15.1. The summed E-state index contributed by atoms with van der Waals surface area (Å²) in [5.41, 5.74) is 4.70. The van der Waals surface area contributed by atoms with Gasteiger partial charge in [0, 0.05) is 55.4 Å². The Balaban J connectivity index is 1.41. The van der Waals surface area contributed by atoms with Crippen LogP contribution in [0.5, 0.6) is 0 Å². The van der Waals surface area contributed by atoms with E-state index < -0.39 is 12.0 Å². The van der Waals surface area contributed by atoms with Crippen LogP contribution in [0.1, 0.15) is 41.7 Å². The third kappa shape index (κ3) is 5.39. The van der Waals surface area contributed by atoms with E-state index in [0.29, 0.717) is 23.4 Å². The van der Waals surface area contributed by atoms with Gasteiger partial charge in [0.05, 0.1) is 0 Å². The Morgan fingerprint density at radius 3 is 2.43 bits per heavy atom. The molecule has 4 rings (SSSR count). The van der Waals surface area contributed by atoms with Crippen LogP contribution < -0.4 is 10.2 Å². The largest absolute Gasteiger partial charge is 0.453 e. The van der Waals surface area contributed by atoms with Gasteiger partial charge in [-0.2, -0.15) is 18.2 Å². The maximum absolute atomic E-state index is 13.0. The Kier molecular flexibility index (Phi) is 6.98. The Bertz CT molecular complexity index is 1230. The van der Waals surface area contributed by atoms with Gasteiger partial charge in [-0.15, -0.1) is 5.10 Å². The van der Waals surface area contributed by atoms with Crippen molar-refractivity contribution in [2.24, 2.45) is 0 Å². The molecule has 1 aliphatic rings. The molecule has 1 amide bonds. The maximum Gasteiger partial charge on any atom is 0.453 e. The summed E-state index contributed by atoms with van der Waals surface area (Å²) in [7, 11) is 0. The van der Waals surface area contributed by atoms with Gasteiger partial charge in [-0.25, -0.2) is 9.50 Å². The van der Waals surface area contributed by atoms with Crippen molar-refractivity contribution in [2.75, 3.05) is 42.9 Å². The number of nitrogens with one attached hydrogen (secondary N) is 1. The van der Waals surface area contributed by atoms with Crippen molar-refractivity contribution in [1.82, 2.24) is 24.5 Å². The fourth-order valence-electron chi connectivity index (χ4n) is 4.55. The third-order valence-electron chi connectivity index (χ3n) is 6.55. The Morgan fingerprint density at radius 2 is 1.80 bits per heavy atom. The first-order valence-corrected chi connectivity index (χ1v) is 11.7. The molecule has 3 aromatic rings. The zero-order valence-corrected chi connectivity index (χ0v) is 20.4. The number of nitrogens with zero attached hydrogens (tertiary/aromatic N) is 6. The van der Waals surface area contributed by atoms with Crippen LogP contribution in [0.15, 0.2) is 18.2 Å². The molecule has 1 aliphatic heterocycles. The fourth-order valence-corrected chi connectivity index (χ4v) is 4.55. The molecule has 188 valence electrons. The summed E-state index contributed by atoms with van der Waals surface area (Å²) in [6, 6.07) is 5.92. The molecule has 1 fully saturated rings. The van der Waals surface area contributed by atoms with Crippen LogP contribution in [0.2, 0.25) is 0 Å². The molecular formula is C24H30F3N7O. The first-order chi connectivity index (χ1) is 16.6. The summed E-state index contributed by atoms with van der Waals surface area (Å²) >= 11 is 0. The van der Waals surface area contributed by atoms with E-state index in [-0.39, 0.29) is 18.1 Å². The van der Waals surface area contributed by atoms with Crippen LogP contribution in [0.25, 0.3) is 5.78 Å². The van der Waals surface area contributed by atoms with Gasteiger partial charge in [0.15, 0.2) is 0 Å². The lowest BCUT2D eigenvalue weighted by Crippen LogP contribution is -2.46. The van der Waals surface area contributed by atoms with Gasteiger partial charge in [0.1, 0.15) is 0 Å². The number of benzene rings is 1. The molecule has 1 aromatic carbocycles. The quantitative estimate of drug-likeness (QED) is 0.568. The molecule has 1 N–H and O–H groups in total. The second kappa shape index (κ2) is 9.80. The average molecular weight is 490 g/mol. The molecule has 0 spiro atoms. The number of aromatic nitrogens is 4. The number of hydrogen-bond donors (Lipinski definition) is 1.